The molecule has 0 saturated carbocycles. The van der Waals surface area contributed by atoms with Gasteiger partial charge in [-0.25, -0.2) is 0 Å². The quantitative estimate of drug-likeness (QED) is 0.849. The lowest BCUT2D eigenvalue weighted by Gasteiger charge is -2.21. The van der Waals surface area contributed by atoms with Crippen molar-refractivity contribution < 1.29 is 0 Å². The molecule has 102 valence electrons. The predicted molar refractivity (Wildman–Crippen MR) is 81.7 cm³/mol. The highest BCUT2D eigenvalue weighted by molar-refractivity contribution is 5.94. The molecule has 0 N–H and O–H groups in total. The van der Waals surface area contributed by atoms with Gasteiger partial charge in [-0.05, 0) is 24.8 Å². The fourth-order valence-corrected chi connectivity index (χ4v) is 3.23. The summed E-state index contributed by atoms with van der Waals surface area (Å²) in [5.74, 6) is 0.762. The van der Waals surface area contributed by atoms with Gasteiger partial charge >= 0.3 is 0 Å². The summed E-state index contributed by atoms with van der Waals surface area (Å²) in [5, 5.41) is 10.5. The highest BCUT2D eigenvalue weighted by Gasteiger charge is 2.25. The van der Waals surface area contributed by atoms with E-state index in [1.807, 2.05) is 18.2 Å². The molecule has 0 radical (unpaired) electrons. The molecule has 0 spiro atoms. The van der Waals surface area contributed by atoms with Gasteiger partial charge in [-0.15, -0.1) is 0 Å². The van der Waals surface area contributed by atoms with Crippen LogP contribution in [0.1, 0.15) is 31.7 Å². The highest BCUT2D eigenvalue weighted by Crippen LogP contribution is 2.33. The van der Waals surface area contributed by atoms with Crippen molar-refractivity contribution in [2.45, 2.75) is 26.2 Å². The third-order valence-corrected chi connectivity index (χ3v) is 4.17. The third-order valence-electron chi connectivity index (χ3n) is 4.17. The lowest BCUT2D eigenvalue weighted by molar-refractivity contribution is 0.530. The Morgan fingerprint density at radius 3 is 3.05 bits per heavy atom. The van der Waals surface area contributed by atoms with Crippen LogP contribution in [0.25, 0.3) is 10.9 Å². The average Bonchev–Trinajstić information content (AvgIpc) is 2.94. The Morgan fingerprint density at radius 1 is 1.40 bits per heavy atom. The van der Waals surface area contributed by atoms with Crippen LogP contribution in [0.2, 0.25) is 0 Å². The van der Waals surface area contributed by atoms with Crippen LogP contribution < -0.4 is 4.90 Å². The molecule has 3 heteroatoms. The number of nitriles is 1. The molecule has 1 saturated heterocycles. The minimum atomic E-state index is 0.695. The second kappa shape index (κ2) is 5.50. The lowest BCUT2D eigenvalue weighted by atomic mass is 10.0. The van der Waals surface area contributed by atoms with Crippen LogP contribution >= 0.6 is 0 Å². The summed E-state index contributed by atoms with van der Waals surface area (Å²) >= 11 is 0. The molecule has 2 aromatic rings. The molecule has 1 aromatic carbocycles. The summed E-state index contributed by atoms with van der Waals surface area (Å²) in [6.07, 6.45) is 5.46. The van der Waals surface area contributed by atoms with E-state index in [1.165, 1.54) is 19.3 Å². The largest absolute Gasteiger partial charge is 0.370 e. The standard InChI is InChI=1S/C17H19N3/c1-2-5-13-8-9-20(12-13)17-14(10-18)11-19-16-7-4-3-6-15(16)17/h3-4,6-7,11,13H,2,5,8-9,12H2,1H3. The van der Waals surface area contributed by atoms with E-state index in [4.69, 9.17) is 0 Å². The van der Waals surface area contributed by atoms with Crippen molar-refractivity contribution in [2.75, 3.05) is 18.0 Å². The molecule has 1 aromatic heterocycles. The predicted octanol–water partition coefficient (Wildman–Crippen LogP) is 3.73. The van der Waals surface area contributed by atoms with E-state index in [1.54, 1.807) is 6.20 Å². The van der Waals surface area contributed by atoms with E-state index in [-0.39, 0.29) is 0 Å². The number of hydrogen-bond acceptors (Lipinski definition) is 3. The van der Waals surface area contributed by atoms with Gasteiger partial charge in [0, 0.05) is 24.7 Å². The lowest BCUT2D eigenvalue weighted by Crippen LogP contribution is -2.21. The van der Waals surface area contributed by atoms with Crippen LogP contribution in [0.15, 0.2) is 30.5 Å². The van der Waals surface area contributed by atoms with Crippen LogP contribution in [0.3, 0.4) is 0 Å². The van der Waals surface area contributed by atoms with Crippen LogP contribution in [-0.4, -0.2) is 18.1 Å². The topological polar surface area (TPSA) is 39.9 Å². The molecule has 0 bridgehead atoms. The van der Waals surface area contributed by atoms with Crippen molar-refractivity contribution >= 4 is 16.6 Å². The van der Waals surface area contributed by atoms with Crippen molar-refractivity contribution in [1.82, 2.24) is 4.98 Å². The average molecular weight is 265 g/mol. The monoisotopic (exact) mass is 265 g/mol. The van der Waals surface area contributed by atoms with Crippen LogP contribution in [0, 0.1) is 17.2 Å². The first kappa shape index (κ1) is 12.9. The first-order valence-electron chi connectivity index (χ1n) is 7.36. The number of nitrogens with zero attached hydrogens (tertiary/aromatic N) is 3. The van der Waals surface area contributed by atoms with Crippen LogP contribution in [-0.2, 0) is 0 Å². The molecule has 1 aliphatic heterocycles. The van der Waals surface area contributed by atoms with E-state index in [0.717, 1.165) is 35.6 Å². The third kappa shape index (κ3) is 2.22. The first-order chi connectivity index (χ1) is 9.83. The minimum absolute atomic E-state index is 0.695. The minimum Gasteiger partial charge on any atom is -0.370 e. The Kier molecular flexibility index (Phi) is 3.56. The summed E-state index contributed by atoms with van der Waals surface area (Å²) in [7, 11) is 0. The molecule has 1 atom stereocenters. The van der Waals surface area contributed by atoms with E-state index in [0.29, 0.717) is 5.56 Å². The second-order valence-corrected chi connectivity index (χ2v) is 5.54. The van der Waals surface area contributed by atoms with Crippen LogP contribution in [0.5, 0.6) is 0 Å². The maximum atomic E-state index is 9.39. The number of anilines is 1. The summed E-state index contributed by atoms with van der Waals surface area (Å²) < 4.78 is 0. The molecule has 1 aliphatic rings. The number of rotatable bonds is 3. The van der Waals surface area contributed by atoms with Gasteiger partial charge in [0.15, 0.2) is 0 Å². The van der Waals surface area contributed by atoms with Crippen molar-refractivity contribution in [1.29, 1.82) is 5.26 Å². The van der Waals surface area contributed by atoms with E-state index in [2.05, 4.69) is 28.9 Å². The first-order valence-corrected chi connectivity index (χ1v) is 7.36. The van der Waals surface area contributed by atoms with Gasteiger partial charge < -0.3 is 4.90 Å². The van der Waals surface area contributed by atoms with Crippen molar-refractivity contribution in [2.24, 2.45) is 5.92 Å². The van der Waals surface area contributed by atoms with Crippen molar-refractivity contribution in [3.05, 3.63) is 36.0 Å². The maximum Gasteiger partial charge on any atom is 0.103 e. The zero-order valence-corrected chi connectivity index (χ0v) is 11.8. The summed E-state index contributed by atoms with van der Waals surface area (Å²) in [6.45, 7) is 4.36. The molecule has 2 heterocycles. The van der Waals surface area contributed by atoms with Gasteiger partial charge in [-0.1, -0.05) is 31.5 Å². The SMILES string of the molecule is CCCC1CCN(c2c(C#N)cnc3ccccc23)C1. The molecule has 1 fully saturated rings. The second-order valence-electron chi connectivity index (χ2n) is 5.54. The fourth-order valence-electron chi connectivity index (χ4n) is 3.23. The van der Waals surface area contributed by atoms with Crippen molar-refractivity contribution in [3.63, 3.8) is 0 Å². The Morgan fingerprint density at radius 2 is 2.25 bits per heavy atom. The number of aromatic nitrogens is 1. The van der Waals surface area contributed by atoms with Crippen molar-refractivity contribution in [3.8, 4) is 6.07 Å². The molecule has 0 aliphatic carbocycles. The van der Waals surface area contributed by atoms with E-state index < -0.39 is 0 Å². The number of pyridine rings is 1. The van der Waals surface area contributed by atoms with Gasteiger partial charge in [0.25, 0.3) is 0 Å². The van der Waals surface area contributed by atoms with Gasteiger partial charge in [0.05, 0.1) is 16.8 Å². The fraction of sp³-hybridized carbons (Fsp3) is 0.412. The van der Waals surface area contributed by atoms with Gasteiger partial charge in [-0.2, -0.15) is 5.26 Å². The number of fused-ring (bicyclic) bond motifs is 1. The molecule has 0 amide bonds. The summed E-state index contributed by atoms with van der Waals surface area (Å²) in [4.78, 5) is 6.77. The number of para-hydroxylation sites is 1. The number of hydrogen-bond donors (Lipinski definition) is 0. The van der Waals surface area contributed by atoms with E-state index >= 15 is 0 Å². The molecular formula is C17H19N3. The molecular weight excluding hydrogens is 246 g/mol. The molecule has 1 unspecified atom stereocenters. The molecule has 20 heavy (non-hydrogen) atoms. The Hall–Kier alpha value is -2.08. The normalized spacial score (nSPS) is 18.4. The smallest absolute Gasteiger partial charge is 0.103 e. The Bertz CT molecular complexity index is 657. The summed E-state index contributed by atoms with van der Waals surface area (Å²) in [6, 6.07) is 10.4. The van der Waals surface area contributed by atoms with Gasteiger partial charge in [0.2, 0.25) is 0 Å². The number of benzene rings is 1. The summed E-state index contributed by atoms with van der Waals surface area (Å²) in [5.41, 5.74) is 2.75. The van der Waals surface area contributed by atoms with Gasteiger partial charge in [0.1, 0.15) is 6.07 Å². The van der Waals surface area contributed by atoms with Gasteiger partial charge in [-0.3, -0.25) is 4.98 Å². The zero-order chi connectivity index (χ0) is 13.9. The molecule has 3 nitrogen and oxygen atoms in total. The Labute approximate surface area is 119 Å². The highest BCUT2D eigenvalue weighted by atomic mass is 15.2. The van der Waals surface area contributed by atoms with Crippen LogP contribution in [0.4, 0.5) is 5.69 Å². The molecule has 3 rings (SSSR count). The maximum absolute atomic E-state index is 9.39. The van der Waals surface area contributed by atoms with E-state index in [9.17, 15) is 5.26 Å². The zero-order valence-electron chi connectivity index (χ0n) is 11.8. The Balaban J connectivity index is 2.04.